The number of hydrogen-bond acceptors (Lipinski definition) is 12. The van der Waals surface area contributed by atoms with Gasteiger partial charge in [-0.3, -0.25) is 24.0 Å². The van der Waals surface area contributed by atoms with Gasteiger partial charge in [-0.25, -0.2) is 9.78 Å². The fraction of sp³-hybridized carbons (Fsp3) is 0.449. The number of likely N-dealkylation sites (N-methyl/N-ethyl adjacent to an activating group) is 1. The van der Waals surface area contributed by atoms with E-state index in [0.29, 0.717) is 17.8 Å². The molecule has 4 aromatic rings. The fourth-order valence-electron chi connectivity index (χ4n) is 8.49. The lowest BCUT2D eigenvalue weighted by Crippen LogP contribution is -2.54. The van der Waals surface area contributed by atoms with Crippen LogP contribution in [0.4, 0.5) is 4.79 Å². The third-order valence-electron chi connectivity index (χ3n) is 12.4. The molecule has 7 atom stereocenters. The Bertz CT molecular complexity index is 2310. The van der Waals surface area contributed by atoms with Gasteiger partial charge in [-0.05, 0) is 53.0 Å². The van der Waals surface area contributed by atoms with E-state index in [-0.39, 0.29) is 48.9 Å². The predicted molar refractivity (Wildman–Crippen MR) is 244 cm³/mol. The van der Waals surface area contributed by atoms with Crippen LogP contribution in [0.15, 0.2) is 84.2 Å². The van der Waals surface area contributed by atoms with E-state index in [1.807, 2.05) is 94.4 Å². The van der Waals surface area contributed by atoms with E-state index >= 15 is 0 Å². The van der Waals surface area contributed by atoms with E-state index in [1.165, 1.54) is 14.0 Å². The summed E-state index contributed by atoms with van der Waals surface area (Å²) in [5.74, 6) is -3.10. The first-order valence-corrected chi connectivity index (χ1v) is 22.8. The molecule has 0 radical (unpaired) electrons. The number of benzene rings is 3. The number of epoxide rings is 1. The molecule has 0 saturated carbocycles. The zero-order valence-corrected chi connectivity index (χ0v) is 38.9. The molecule has 4 amide bonds. The topological polar surface area (TPSA) is 195 Å². The van der Waals surface area contributed by atoms with Crippen LogP contribution < -0.4 is 16.0 Å². The van der Waals surface area contributed by atoms with E-state index < -0.39 is 65.8 Å². The predicted octanol–water partition coefficient (Wildman–Crippen LogP) is 6.36. The number of thiazole rings is 1. The van der Waals surface area contributed by atoms with Gasteiger partial charge in [-0.1, -0.05) is 113 Å². The van der Waals surface area contributed by atoms with Crippen LogP contribution in [0.25, 0.3) is 11.1 Å². The quantitative estimate of drug-likeness (QED) is 0.0507. The van der Waals surface area contributed by atoms with Gasteiger partial charge in [-0.15, -0.1) is 11.3 Å². The van der Waals surface area contributed by atoms with Gasteiger partial charge in [0.05, 0.1) is 13.2 Å². The number of ether oxygens (including phenoxy) is 4. The summed E-state index contributed by atoms with van der Waals surface area (Å²) in [6.07, 6.45) is -1.27. The number of amides is 4. The van der Waals surface area contributed by atoms with Gasteiger partial charge in [0, 0.05) is 37.7 Å². The Morgan fingerprint density at radius 2 is 1.54 bits per heavy atom. The number of carbonyl (C=O) groups excluding carboxylic acids is 6. The third-order valence-corrected chi connectivity index (χ3v) is 13.4. The van der Waals surface area contributed by atoms with Crippen LogP contribution >= 0.6 is 11.3 Å². The molecule has 16 heteroatoms. The number of esters is 2. The average molecular weight is 910 g/mol. The van der Waals surface area contributed by atoms with Crippen molar-refractivity contribution in [1.29, 1.82) is 0 Å². The molecular formula is C49H59N5O10S. The Morgan fingerprint density at radius 1 is 0.908 bits per heavy atom. The molecule has 0 bridgehead atoms. The molecule has 65 heavy (non-hydrogen) atoms. The first kappa shape index (κ1) is 48.3. The molecule has 3 N–H and O–H groups in total. The highest BCUT2D eigenvalue weighted by Gasteiger charge is 2.62. The van der Waals surface area contributed by atoms with Crippen molar-refractivity contribution < 1.29 is 47.7 Å². The largest absolute Gasteiger partial charge is 0.468 e. The molecule has 2 heterocycles. The lowest BCUT2D eigenvalue weighted by atomic mass is 9.93. The molecule has 1 aromatic heterocycles. The summed E-state index contributed by atoms with van der Waals surface area (Å²) >= 11 is 1.14. The molecule has 0 spiro atoms. The number of hydrogen-bond donors (Lipinski definition) is 3. The number of carbonyl (C=O) groups is 6. The van der Waals surface area contributed by atoms with Gasteiger partial charge < -0.3 is 39.8 Å². The highest BCUT2D eigenvalue weighted by molar-refractivity contribution is 7.09. The molecule has 1 fully saturated rings. The van der Waals surface area contributed by atoms with Crippen LogP contribution in [0.3, 0.4) is 0 Å². The molecule has 2 aliphatic rings. The molecule has 1 aliphatic heterocycles. The lowest BCUT2D eigenvalue weighted by Gasteiger charge is -2.36. The summed E-state index contributed by atoms with van der Waals surface area (Å²) in [5.41, 5.74) is 4.01. The van der Waals surface area contributed by atoms with E-state index in [9.17, 15) is 28.8 Å². The lowest BCUT2D eigenvalue weighted by molar-refractivity contribution is -0.148. The van der Waals surface area contributed by atoms with Crippen LogP contribution in [0.2, 0.25) is 0 Å². The van der Waals surface area contributed by atoms with Gasteiger partial charge in [0.2, 0.25) is 5.91 Å². The molecule has 346 valence electrons. The highest BCUT2D eigenvalue weighted by Crippen LogP contribution is 2.45. The maximum absolute atomic E-state index is 14.4. The number of methoxy groups -OCH3 is 1. The van der Waals surface area contributed by atoms with Crippen molar-refractivity contribution in [3.05, 3.63) is 112 Å². The van der Waals surface area contributed by atoms with Crippen molar-refractivity contribution in [3.8, 4) is 11.1 Å². The summed E-state index contributed by atoms with van der Waals surface area (Å²) < 4.78 is 22.2. The normalized spacial score (nSPS) is 18.4. The second-order valence-corrected chi connectivity index (χ2v) is 18.1. The molecule has 6 rings (SSSR count). The zero-order valence-electron chi connectivity index (χ0n) is 38.1. The van der Waals surface area contributed by atoms with Crippen molar-refractivity contribution in [2.75, 3.05) is 27.3 Å². The van der Waals surface area contributed by atoms with Crippen molar-refractivity contribution in [3.63, 3.8) is 0 Å². The van der Waals surface area contributed by atoms with E-state index in [4.69, 9.17) is 14.2 Å². The number of nitrogens with zero attached hydrogens (tertiary/aromatic N) is 2. The summed E-state index contributed by atoms with van der Waals surface area (Å²) in [5, 5.41) is 10.3. The van der Waals surface area contributed by atoms with E-state index in [2.05, 4.69) is 37.8 Å². The number of rotatable bonds is 20. The maximum Gasteiger partial charge on any atom is 0.407 e. The zero-order chi connectivity index (χ0) is 47.0. The SMILES string of the molecule is CC[C@H](C)[C@H](NC(=O)OCC1c2ccccc2-c2ccccc21)C(=O)N(C)[C@H](C[C@@H](OC(C)=O)c1nc(C(=O)N[C@@H](Cc2ccccc2)C2OC2(C)C(=O)NCC(=O)OC)cs1)C(C)C. The van der Waals surface area contributed by atoms with Crippen molar-refractivity contribution >= 4 is 47.1 Å². The minimum Gasteiger partial charge on any atom is -0.468 e. The minimum atomic E-state index is -1.32. The summed E-state index contributed by atoms with van der Waals surface area (Å²) in [7, 11) is 2.89. The summed E-state index contributed by atoms with van der Waals surface area (Å²) in [6, 6.07) is 23.5. The fourth-order valence-corrected chi connectivity index (χ4v) is 9.33. The Morgan fingerprint density at radius 3 is 2.14 bits per heavy atom. The first-order valence-electron chi connectivity index (χ1n) is 21.9. The summed E-state index contributed by atoms with van der Waals surface area (Å²) in [4.78, 5) is 85.4. The van der Waals surface area contributed by atoms with Crippen molar-refractivity contribution in [1.82, 2.24) is 25.8 Å². The van der Waals surface area contributed by atoms with Gasteiger partial charge in [0.1, 0.15) is 36.0 Å². The van der Waals surface area contributed by atoms with E-state index in [0.717, 1.165) is 39.2 Å². The van der Waals surface area contributed by atoms with Gasteiger partial charge in [0.15, 0.2) is 11.7 Å². The first-order chi connectivity index (χ1) is 31.1. The molecule has 15 nitrogen and oxygen atoms in total. The molecular weight excluding hydrogens is 851 g/mol. The van der Waals surface area contributed by atoms with Crippen molar-refractivity contribution in [2.24, 2.45) is 11.8 Å². The van der Waals surface area contributed by atoms with Gasteiger partial charge in [0.25, 0.3) is 11.8 Å². The van der Waals surface area contributed by atoms with Crippen LogP contribution in [-0.2, 0) is 44.5 Å². The Labute approximate surface area is 384 Å². The number of alkyl carbamates (subject to hydrolysis) is 1. The van der Waals surface area contributed by atoms with E-state index in [1.54, 1.807) is 24.3 Å². The number of fused-ring (bicyclic) bond motifs is 3. The smallest absolute Gasteiger partial charge is 0.407 e. The van der Waals surface area contributed by atoms with Crippen LogP contribution in [0, 0.1) is 11.8 Å². The number of nitrogens with one attached hydrogen (secondary N) is 3. The minimum absolute atomic E-state index is 0.0624. The average Bonchev–Trinajstić information content (AvgIpc) is 3.60. The Hall–Kier alpha value is -6.13. The van der Waals surface area contributed by atoms with Crippen LogP contribution in [0.5, 0.6) is 0 Å². The summed E-state index contributed by atoms with van der Waals surface area (Å²) in [6.45, 7) is 10.4. The van der Waals surface area contributed by atoms with Crippen LogP contribution in [0.1, 0.15) is 98.6 Å². The second-order valence-electron chi connectivity index (χ2n) is 17.2. The molecule has 1 saturated heterocycles. The highest BCUT2D eigenvalue weighted by atomic mass is 32.1. The Balaban J connectivity index is 1.14. The maximum atomic E-state index is 14.4. The monoisotopic (exact) mass is 909 g/mol. The third kappa shape index (κ3) is 11.4. The van der Waals surface area contributed by atoms with Gasteiger partial charge >= 0.3 is 18.0 Å². The van der Waals surface area contributed by atoms with Gasteiger partial charge in [-0.2, -0.15) is 0 Å². The Kier molecular flexibility index (Phi) is 15.8. The number of aromatic nitrogens is 1. The standard InChI is InChI=1S/C49H59N5O10S/c1-9-29(4)42(53-48(60)62-26-36-34-21-15-13-19-32(34)33-20-14-16-22-35(33)36)46(58)54(7)39(28(2)3)24-40(63-30(5)55)45-52-38(27-65-45)44(57)51-37(23-31-17-11-10-12-18-31)43-49(6,64-43)47(59)50-25-41(56)61-8/h10-22,27-29,36-37,39-40,42-43H,9,23-26H2,1-8H3,(H,50,59)(H,51,57)(H,53,60)/t29-,37-,39+,40+,42-,43?,49?/m0/s1. The second kappa shape index (κ2) is 21.2. The molecule has 1 aliphatic carbocycles. The molecule has 3 aromatic carbocycles. The van der Waals surface area contributed by atoms with Crippen molar-refractivity contribution in [2.45, 2.75) is 103 Å². The van der Waals surface area contributed by atoms with Crippen LogP contribution in [-0.4, -0.2) is 103 Å². The molecule has 2 unspecified atom stereocenters.